The molecule has 0 radical (unpaired) electrons. The highest BCUT2D eigenvalue weighted by atomic mass is 16.1. The van der Waals surface area contributed by atoms with E-state index in [0.717, 1.165) is 17.7 Å². The average Bonchev–Trinajstić information content (AvgIpc) is 2.49. The number of carbonyl (C=O) groups is 1. The third-order valence-electron chi connectivity index (χ3n) is 3.84. The summed E-state index contributed by atoms with van der Waals surface area (Å²) in [6.45, 7) is 8.41. The molecule has 0 bridgehead atoms. The van der Waals surface area contributed by atoms with E-state index in [0.29, 0.717) is 5.92 Å². The van der Waals surface area contributed by atoms with Gasteiger partial charge in [-0.25, -0.2) is 0 Å². The summed E-state index contributed by atoms with van der Waals surface area (Å²) in [5.41, 5.74) is 4.41. The summed E-state index contributed by atoms with van der Waals surface area (Å²) in [5, 5.41) is 2.98. The largest absolute Gasteiger partial charge is 0.326 e. The zero-order chi connectivity index (χ0) is 16.1. The highest BCUT2D eigenvalue weighted by molar-refractivity contribution is 5.95. The lowest BCUT2D eigenvalue weighted by Gasteiger charge is -2.14. The number of nitrogens with one attached hydrogen (secondary N) is 1. The lowest BCUT2D eigenvalue weighted by atomic mass is 9.96. The van der Waals surface area contributed by atoms with Crippen molar-refractivity contribution in [1.82, 2.24) is 0 Å². The van der Waals surface area contributed by atoms with Crippen molar-refractivity contribution in [2.45, 2.75) is 40.0 Å². The van der Waals surface area contributed by atoms with Gasteiger partial charge in [-0.3, -0.25) is 4.79 Å². The molecule has 0 aromatic heterocycles. The molecule has 1 amide bonds. The number of amides is 1. The quantitative estimate of drug-likeness (QED) is 0.832. The van der Waals surface area contributed by atoms with Crippen LogP contribution < -0.4 is 5.32 Å². The number of aryl methyl sites for hydroxylation is 1. The third-order valence-corrected chi connectivity index (χ3v) is 3.84. The molecule has 0 saturated heterocycles. The molecule has 0 fully saturated rings. The van der Waals surface area contributed by atoms with Gasteiger partial charge in [0, 0.05) is 5.69 Å². The first-order valence-electron chi connectivity index (χ1n) is 7.92. The molecule has 0 aliphatic carbocycles. The molecule has 0 spiro atoms. The Bertz CT molecular complexity index is 611. The van der Waals surface area contributed by atoms with Crippen molar-refractivity contribution < 1.29 is 4.79 Å². The van der Waals surface area contributed by atoms with Gasteiger partial charge in [0.1, 0.15) is 0 Å². The maximum absolute atomic E-state index is 12.3. The molecule has 116 valence electrons. The molecule has 2 aromatic rings. The van der Waals surface area contributed by atoms with Gasteiger partial charge in [-0.15, -0.1) is 0 Å². The fourth-order valence-electron chi connectivity index (χ4n) is 2.45. The molecule has 0 aliphatic rings. The van der Waals surface area contributed by atoms with E-state index in [1.807, 2.05) is 38.1 Å². The van der Waals surface area contributed by atoms with Gasteiger partial charge in [0.2, 0.25) is 5.91 Å². The Morgan fingerprint density at radius 1 is 0.955 bits per heavy atom. The monoisotopic (exact) mass is 295 g/mol. The molecular weight excluding hydrogens is 270 g/mol. The second-order valence-electron chi connectivity index (χ2n) is 6.42. The molecule has 2 heteroatoms. The molecule has 22 heavy (non-hydrogen) atoms. The Kier molecular flexibility index (Phi) is 5.37. The van der Waals surface area contributed by atoms with Gasteiger partial charge in [0.25, 0.3) is 0 Å². The van der Waals surface area contributed by atoms with Crippen LogP contribution in [0.1, 0.15) is 43.4 Å². The Hall–Kier alpha value is -2.09. The normalized spacial score (nSPS) is 12.2. The zero-order valence-electron chi connectivity index (χ0n) is 13.9. The van der Waals surface area contributed by atoms with Crippen molar-refractivity contribution in [3.05, 3.63) is 65.2 Å². The molecule has 0 heterocycles. The van der Waals surface area contributed by atoms with Crippen molar-refractivity contribution in [2.75, 3.05) is 5.32 Å². The predicted molar refractivity (Wildman–Crippen MR) is 93.2 cm³/mol. The number of hydrogen-bond acceptors (Lipinski definition) is 1. The third kappa shape index (κ3) is 4.45. The molecule has 2 rings (SSSR count). The minimum absolute atomic E-state index is 0.0282. The van der Waals surface area contributed by atoms with E-state index < -0.39 is 0 Å². The van der Waals surface area contributed by atoms with Crippen molar-refractivity contribution in [3.63, 3.8) is 0 Å². The van der Waals surface area contributed by atoms with Crippen LogP contribution in [-0.2, 0) is 11.2 Å². The van der Waals surface area contributed by atoms with Crippen molar-refractivity contribution in [3.8, 4) is 0 Å². The van der Waals surface area contributed by atoms with Gasteiger partial charge in [0.05, 0.1) is 5.92 Å². The van der Waals surface area contributed by atoms with Gasteiger partial charge in [0.15, 0.2) is 0 Å². The van der Waals surface area contributed by atoms with E-state index in [1.165, 1.54) is 11.1 Å². The van der Waals surface area contributed by atoms with Crippen LogP contribution in [0.15, 0.2) is 48.5 Å². The smallest absolute Gasteiger partial charge is 0.231 e. The molecule has 1 N–H and O–H groups in total. The first-order chi connectivity index (χ1) is 10.5. The van der Waals surface area contributed by atoms with Crippen LogP contribution in [0.2, 0.25) is 0 Å². The first-order valence-corrected chi connectivity index (χ1v) is 7.92. The summed E-state index contributed by atoms with van der Waals surface area (Å²) in [4.78, 5) is 12.3. The maximum atomic E-state index is 12.3. The molecule has 1 atom stereocenters. The molecule has 0 saturated carbocycles. The summed E-state index contributed by atoms with van der Waals surface area (Å²) < 4.78 is 0. The van der Waals surface area contributed by atoms with Gasteiger partial charge in [-0.2, -0.15) is 0 Å². The number of hydrogen-bond donors (Lipinski definition) is 1. The molecule has 0 aliphatic heterocycles. The standard InChI is InChI=1S/C20H25NO/c1-14(2)13-17-7-9-18(10-8-17)16(4)20(22)21-19-11-5-15(3)6-12-19/h5-12,14,16H,13H2,1-4H3,(H,21,22)/t16-/m1/s1. The van der Waals surface area contributed by atoms with E-state index in [1.54, 1.807) is 0 Å². The van der Waals surface area contributed by atoms with Gasteiger partial charge in [-0.1, -0.05) is 55.8 Å². The fraction of sp³-hybridized carbons (Fsp3) is 0.350. The van der Waals surface area contributed by atoms with Crippen LogP contribution in [-0.4, -0.2) is 5.91 Å². The highest BCUT2D eigenvalue weighted by Gasteiger charge is 2.15. The number of rotatable bonds is 5. The Balaban J connectivity index is 2.02. The van der Waals surface area contributed by atoms with E-state index in [-0.39, 0.29) is 11.8 Å². The molecule has 0 unspecified atom stereocenters. The summed E-state index contributed by atoms with van der Waals surface area (Å²) >= 11 is 0. The SMILES string of the molecule is Cc1ccc(NC(=O)[C@H](C)c2ccc(CC(C)C)cc2)cc1. The van der Waals surface area contributed by atoms with E-state index in [4.69, 9.17) is 0 Å². The van der Waals surface area contributed by atoms with E-state index in [2.05, 4.69) is 43.4 Å². The van der Waals surface area contributed by atoms with Crippen molar-refractivity contribution in [2.24, 2.45) is 5.92 Å². The van der Waals surface area contributed by atoms with Crippen LogP contribution >= 0.6 is 0 Å². The average molecular weight is 295 g/mol. The first kappa shape index (κ1) is 16.3. The van der Waals surface area contributed by atoms with Crippen LogP contribution in [0.3, 0.4) is 0 Å². The lowest BCUT2D eigenvalue weighted by molar-refractivity contribution is -0.117. The summed E-state index contributed by atoms with van der Waals surface area (Å²) in [7, 11) is 0. The van der Waals surface area contributed by atoms with E-state index in [9.17, 15) is 4.79 Å². The molecule has 2 nitrogen and oxygen atoms in total. The molecule has 2 aromatic carbocycles. The minimum Gasteiger partial charge on any atom is -0.326 e. The highest BCUT2D eigenvalue weighted by Crippen LogP contribution is 2.20. The summed E-state index contributed by atoms with van der Waals surface area (Å²) in [5.74, 6) is 0.517. The summed E-state index contributed by atoms with van der Waals surface area (Å²) in [6, 6.07) is 16.3. The second kappa shape index (κ2) is 7.26. The molecular formula is C20H25NO. The Labute approximate surface area is 133 Å². The van der Waals surface area contributed by atoms with Gasteiger partial charge in [-0.05, 0) is 49.4 Å². The minimum atomic E-state index is -0.158. The topological polar surface area (TPSA) is 29.1 Å². The Morgan fingerprint density at radius 2 is 1.55 bits per heavy atom. The zero-order valence-corrected chi connectivity index (χ0v) is 13.9. The fourth-order valence-corrected chi connectivity index (χ4v) is 2.45. The summed E-state index contributed by atoms with van der Waals surface area (Å²) in [6.07, 6.45) is 1.07. The van der Waals surface area contributed by atoms with Crippen LogP contribution in [0.25, 0.3) is 0 Å². The maximum Gasteiger partial charge on any atom is 0.231 e. The van der Waals surface area contributed by atoms with Crippen LogP contribution in [0.4, 0.5) is 5.69 Å². The van der Waals surface area contributed by atoms with Gasteiger partial charge >= 0.3 is 0 Å². The Morgan fingerprint density at radius 3 is 2.09 bits per heavy atom. The number of carbonyl (C=O) groups excluding carboxylic acids is 1. The van der Waals surface area contributed by atoms with Crippen LogP contribution in [0, 0.1) is 12.8 Å². The number of benzene rings is 2. The van der Waals surface area contributed by atoms with E-state index >= 15 is 0 Å². The predicted octanol–water partition coefficient (Wildman–Crippen LogP) is 4.94. The van der Waals surface area contributed by atoms with Crippen molar-refractivity contribution >= 4 is 11.6 Å². The van der Waals surface area contributed by atoms with Crippen molar-refractivity contribution in [1.29, 1.82) is 0 Å². The second-order valence-corrected chi connectivity index (χ2v) is 6.42. The van der Waals surface area contributed by atoms with Gasteiger partial charge < -0.3 is 5.32 Å². The van der Waals surface area contributed by atoms with Crippen LogP contribution in [0.5, 0.6) is 0 Å². The lowest BCUT2D eigenvalue weighted by Crippen LogP contribution is -2.18. The number of anilines is 1.